The van der Waals surface area contributed by atoms with Crippen LogP contribution in [0.1, 0.15) is 12.5 Å². The van der Waals surface area contributed by atoms with E-state index in [0.717, 1.165) is 30.0 Å². The zero-order valence-electron chi connectivity index (χ0n) is 15.9. The van der Waals surface area contributed by atoms with Crippen LogP contribution in [0.5, 0.6) is 0 Å². The summed E-state index contributed by atoms with van der Waals surface area (Å²) in [4.78, 5) is 27.6. The zero-order valence-corrected chi connectivity index (χ0v) is 17.5. The molecule has 162 valence electrons. The van der Waals surface area contributed by atoms with Crippen LogP contribution in [0.25, 0.3) is 11.4 Å². The number of amides is 2. The van der Waals surface area contributed by atoms with Crippen LogP contribution >= 0.6 is 23.4 Å². The number of aromatic amines is 1. The van der Waals surface area contributed by atoms with E-state index in [4.69, 9.17) is 11.6 Å². The molecule has 12 heteroatoms. The molecule has 2 aromatic carbocycles. The Bertz CT molecular complexity index is 1120. The number of carbonyl (C=O) groups is 2. The molecule has 7 nitrogen and oxygen atoms in total. The largest absolute Gasteiger partial charge is 0.416 e. The Morgan fingerprint density at radius 1 is 1.16 bits per heavy atom. The lowest BCUT2D eigenvalue weighted by atomic mass is 10.2. The fraction of sp³-hybridized carbons (Fsp3) is 0.158. The van der Waals surface area contributed by atoms with Crippen molar-refractivity contribution in [2.24, 2.45) is 0 Å². The fourth-order valence-corrected chi connectivity index (χ4v) is 3.26. The van der Waals surface area contributed by atoms with Crippen LogP contribution in [0.3, 0.4) is 0 Å². The molecule has 3 rings (SSSR count). The van der Waals surface area contributed by atoms with E-state index in [1.807, 2.05) is 0 Å². The van der Waals surface area contributed by atoms with E-state index in [1.165, 1.54) is 6.92 Å². The normalized spacial score (nSPS) is 11.3. The van der Waals surface area contributed by atoms with Gasteiger partial charge in [-0.2, -0.15) is 13.2 Å². The second kappa shape index (κ2) is 9.40. The fourth-order valence-electron chi connectivity index (χ4n) is 2.50. The summed E-state index contributed by atoms with van der Waals surface area (Å²) in [5.41, 5.74) is 0.214. The van der Waals surface area contributed by atoms with Crippen molar-refractivity contribution in [3.8, 4) is 11.4 Å². The molecule has 1 aromatic heterocycles. The van der Waals surface area contributed by atoms with Crippen LogP contribution in [0.4, 0.5) is 24.5 Å². The maximum atomic E-state index is 12.8. The number of H-pyrrole nitrogens is 1. The molecule has 0 radical (unpaired) electrons. The number of hydrogen-bond donors (Lipinski definition) is 3. The molecule has 0 saturated heterocycles. The van der Waals surface area contributed by atoms with E-state index in [-0.39, 0.29) is 27.5 Å². The predicted molar refractivity (Wildman–Crippen MR) is 112 cm³/mol. The van der Waals surface area contributed by atoms with Gasteiger partial charge >= 0.3 is 6.18 Å². The van der Waals surface area contributed by atoms with Crippen LogP contribution < -0.4 is 10.6 Å². The Kier molecular flexibility index (Phi) is 6.86. The molecule has 0 bridgehead atoms. The molecule has 0 aliphatic heterocycles. The van der Waals surface area contributed by atoms with Gasteiger partial charge in [0.15, 0.2) is 5.82 Å². The maximum absolute atomic E-state index is 12.8. The Morgan fingerprint density at radius 3 is 2.65 bits per heavy atom. The zero-order chi connectivity index (χ0) is 22.6. The number of thioether (sulfide) groups is 1. The average molecular weight is 470 g/mol. The van der Waals surface area contributed by atoms with Crippen LogP contribution in [0.2, 0.25) is 5.02 Å². The molecule has 0 spiro atoms. The smallest absolute Gasteiger partial charge is 0.326 e. The summed E-state index contributed by atoms with van der Waals surface area (Å²) in [6.45, 7) is 1.40. The van der Waals surface area contributed by atoms with E-state index in [2.05, 4.69) is 25.8 Å². The summed E-state index contributed by atoms with van der Waals surface area (Å²) in [6, 6.07) is 9.62. The summed E-state index contributed by atoms with van der Waals surface area (Å²) in [5, 5.41) is 12.0. The molecular weight excluding hydrogens is 455 g/mol. The predicted octanol–water partition coefficient (Wildman–Crippen LogP) is 4.83. The van der Waals surface area contributed by atoms with Crippen molar-refractivity contribution in [2.45, 2.75) is 18.3 Å². The van der Waals surface area contributed by atoms with Gasteiger partial charge in [-0.3, -0.25) is 14.7 Å². The van der Waals surface area contributed by atoms with Crippen LogP contribution in [0, 0.1) is 0 Å². The second-order valence-electron chi connectivity index (χ2n) is 6.26. The first-order valence-corrected chi connectivity index (χ1v) is 10.1. The Labute approximate surface area is 183 Å². The van der Waals surface area contributed by atoms with Crippen molar-refractivity contribution in [3.63, 3.8) is 0 Å². The summed E-state index contributed by atoms with van der Waals surface area (Å²) in [5.74, 6) is -0.491. The summed E-state index contributed by atoms with van der Waals surface area (Å²) >= 11 is 6.87. The molecule has 31 heavy (non-hydrogen) atoms. The minimum atomic E-state index is -4.55. The number of hydrogen-bond acceptors (Lipinski definition) is 5. The SMILES string of the molecule is CC(=O)Nc1cccc(-c2nc(SCC(=O)Nc3cc(C(F)(F)F)ccc3Cl)n[nH]2)c1. The van der Waals surface area contributed by atoms with Crippen molar-refractivity contribution in [1.82, 2.24) is 15.2 Å². The summed E-state index contributed by atoms with van der Waals surface area (Å²) in [6.07, 6.45) is -4.55. The van der Waals surface area contributed by atoms with Gasteiger partial charge in [-0.1, -0.05) is 35.5 Å². The number of benzene rings is 2. The number of alkyl halides is 3. The van der Waals surface area contributed by atoms with Crippen LogP contribution in [-0.2, 0) is 15.8 Å². The number of carbonyl (C=O) groups excluding carboxylic acids is 2. The maximum Gasteiger partial charge on any atom is 0.416 e. The van der Waals surface area contributed by atoms with E-state index < -0.39 is 17.6 Å². The molecule has 1 heterocycles. The molecule has 0 saturated carbocycles. The lowest BCUT2D eigenvalue weighted by Crippen LogP contribution is -2.15. The third-order valence-corrected chi connectivity index (χ3v) is 5.00. The molecule has 0 aliphatic rings. The van der Waals surface area contributed by atoms with Gasteiger partial charge in [0.2, 0.25) is 17.0 Å². The van der Waals surface area contributed by atoms with Crippen molar-refractivity contribution in [2.75, 3.05) is 16.4 Å². The third-order valence-electron chi connectivity index (χ3n) is 3.82. The summed E-state index contributed by atoms with van der Waals surface area (Å²) in [7, 11) is 0. The Morgan fingerprint density at radius 2 is 1.94 bits per heavy atom. The van der Waals surface area contributed by atoms with Crippen molar-refractivity contribution in [3.05, 3.63) is 53.1 Å². The van der Waals surface area contributed by atoms with E-state index in [1.54, 1.807) is 24.3 Å². The quantitative estimate of drug-likeness (QED) is 0.449. The van der Waals surface area contributed by atoms with Crippen LogP contribution in [-0.4, -0.2) is 32.7 Å². The highest BCUT2D eigenvalue weighted by atomic mass is 35.5. The van der Waals surface area contributed by atoms with Crippen LogP contribution in [0.15, 0.2) is 47.6 Å². The number of aromatic nitrogens is 3. The van der Waals surface area contributed by atoms with Crippen molar-refractivity contribution in [1.29, 1.82) is 0 Å². The van der Waals surface area contributed by atoms with Crippen molar-refractivity contribution < 1.29 is 22.8 Å². The first-order valence-electron chi connectivity index (χ1n) is 8.71. The molecule has 0 aliphatic carbocycles. The molecule has 0 unspecified atom stereocenters. The number of nitrogens with zero attached hydrogens (tertiary/aromatic N) is 2. The van der Waals surface area contributed by atoms with Crippen molar-refractivity contribution >= 4 is 46.6 Å². The highest BCUT2D eigenvalue weighted by Gasteiger charge is 2.31. The van der Waals surface area contributed by atoms with Gasteiger partial charge in [0.25, 0.3) is 0 Å². The highest BCUT2D eigenvalue weighted by molar-refractivity contribution is 7.99. The van der Waals surface area contributed by atoms with E-state index in [0.29, 0.717) is 17.1 Å². The number of anilines is 2. The molecule has 2 amide bonds. The highest BCUT2D eigenvalue weighted by Crippen LogP contribution is 2.34. The number of rotatable bonds is 6. The lowest BCUT2D eigenvalue weighted by Gasteiger charge is -2.11. The number of nitrogens with one attached hydrogen (secondary N) is 3. The molecular formula is C19H15ClF3N5O2S. The molecule has 3 N–H and O–H groups in total. The van der Waals surface area contributed by atoms with E-state index in [9.17, 15) is 22.8 Å². The van der Waals surface area contributed by atoms with E-state index >= 15 is 0 Å². The minimum absolute atomic E-state index is 0.00872. The van der Waals surface area contributed by atoms with Gasteiger partial charge in [-0.25, -0.2) is 4.98 Å². The topological polar surface area (TPSA) is 99.8 Å². The second-order valence-corrected chi connectivity index (χ2v) is 7.61. The van der Waals surface area contributed by atoms with Gasteiger partial charge in [0.05, 0.1) is 22.0 Å². The van der Waals surface area contributed by atoms with Gasteiger partial charge in [0, 0.05) is 18.2 Å². The first kappa shape index (κ1) is 22.6. The third kappa shape index (κ3) is 6.22. The Balaban J connectivity index is 1.62. The minimum Gasteiger partial charge on any atom is -0.326 e. The standard InChI is InChI=1S/C19H15ClF3N5O2S/c1-10(29)24-13-4-2-3-11(7-13)17-26-18(28-27-17)31-9-16(30)25-15-8-12(19(21,22)23)5-6-14(15)20/h2-8H,9H2,1H3,(H,24,29)(H,25,30)(H,26,27,28). The van der Waals surface area contributed by atoms with Gasteiger partial charge in [-0.15, -0.1) is 5.10 Å². The average Bonchev–Trinajstić information content (AvgIpc) is 3.16. The lowest BCUT2D eigenvalue weighted by molar-refractivity contribution is -0.137. The van der Waals surface area contributed by atoms with Gasteiger partial charge in [-0.05, 0) is 30.3 Å². The monoisotopic (exact) mass is 469 g/mol. The Hall–Kier alpha value is -3.05. The number of halogens is 4. The molecule has 0 atom stereocenters. The van der Waals surface area contributed by atoms with Gasteiger partial charge in [0.1, 0.15) is 0 Å². The first-order chi connectivity index (χ1) is 14.6. The molecule has 3 aromatic rings. The van der Waals surface area contributed by atoms with Gasteiger partial charge < -0.3 is 10.6 Å². The summed E-state index contributed by atoms with van der Waals surface area (Å²) < 4.78 is 38.5. The molecule has 0 fully saturated rings.